The van der Waals surface area contributed by atoms with Gasteiger partial charge < -0.3 is 9.73 Å². The third-order valence-electron chi connectivity index (χ3n) is 4.55. The summed E-state index contributed by atoms with van der Waals surface area (Å²) in [5, 5.41) is 11.0. The number of anilines is 1. The first-order valence-electron chi connectivity index (χ1n) is 9.08. The molecule has 0 bridgehead atoms. The average molecular weight is 387 g/mol. The molecule has 4 aromatic rings. The molecule has 0 radical (unpaired) electrons. The molecule has 6 heteroatoms. The maximum Gasteiger partial charge on any atom is 0.255 e. The molecule has 0 atom stereocenters. The molecule has 1 aromatic heterocycles. The van der Waals surface area contributed by atoms with Gasteiger partial charge in [0.15, 0.2) is 0 Å². The van der Waals surface area contributed by atoms with Gasteiger partial charge in [0.1, 0.15) is 5.82 Å². The molecule has 0 aliphatic carbocycles. The molecule has 1 amide bonds. The number of halogens is 1. The van der Waals surface area contributed by atoms with Crippen LogP contribution in [0.5, 0.6) is 0 Å². The number of rotatable bonds is 4. The summed E-state index contributed by atoms with van der Waals surface area (Å²) in [4.78, 5) is 12.5. The third kappa shape index (κ3) is 4.06. The minimum atomic E-state index is -0.339. The van der Waals surface area contributed by atoms with Crippen LogP contribution in [-0.2, 0) is 0 Å². The number of nitrogens with one attached hydrogen (secondary N) is 1. The van der Waals surface area contributed by atoms with Crippen LogP contribution < -0.4 is 5.32 Å². The van der Waals surface area contributed by atoms with Crippen molar-refractivity contribution in [2.24, 2.45) is 0 Å². The first-order valence-corrected chi connectivity index (χ1v) is 9.08. The Kier molecular flexibility index (Phi) is 4.91. The Hall–Kier alpha value is -3.80. The Morgan fingerprint density at radius 1 is 0.862 bits per heavy atom. The van der Waals surface area contributed by atoms with Gasteiger partial charge in [0, 0.05) is 22.4 Å². The molecule has 0 saturated heterocycles. The molecule has 4 rings (SSSR count). The second kappa shape index (κ2) is 7.67. The Balaban J connectivity index is 1.50. The van der Waals surface area contributed by atoms with Crippen molar-refractivity contribution in [2.75, 3.05) is 5.32 Å². The molecular weight excluding hydrogens is 369 g/mol. The number of benzene rings is 3. The van der Waals surface area contributed by atoms with E-state index < -0.39 is 0 Å². The van der Waals surface area contributed by atoms with E-state index >= 15 is 0 Å². The number of amides is 1. The highest BCUT2D eigenvalue weighted by Gasteiger charge is 2.12. The molecule has 5 nitrogen and oxygen atoms in total. The highest BCUT2D eigenvalue weighted by atomic mass is 19.1. The average Bonchev–Trinajstić information content (AvgIpc) is 3.21. The number of carbonyl (C=O) groups is 1. The summed E-state index contributed by atoms with van der Waals surface area (Å²) >= 11 is 0. The molecule has 0 fully saturated rings. The van der Waals surface area contributed by atoms with E-state index in [0.717, 1.165) is 11.1 Å². The number of aryl methyl sites for hydroxylation is 2. The molecule has 3 aromatic carbocycles. The molecule has 0 aliphatic rings. The fourth-order valence-corrected chi connectivity index (χ4v) is 2.88. The van der Waals surface area contributed by atoms with E-state index in [1.54, 1.807) is 37.3 Å². The van der Waals surface area contributed by atoms with E-state index in [2.05, 4.69) is 15.5 Å². The van der Waals surface area contributed by atoms with Crippen molar-refractivity contribution in [1.29, 1.82) is 0 Å². The van der Waals surface area contributed by atoms with Gasteiger partial charge in [-0.1, -0.05) is 17.7 Å². The molecule has 29 heavy (non-hydrogen) atoms. The van der Waals surface area contributed by atoms with Gasteiger partial charge in [0.2, 0.25) is 11.8 Å². The second-order valence-corrected chi connectivity index (χ2v) is 6.77. The highest BCUT2D eigenvalue weighted by molar-refractivity contribution is 6.04. The zero-order chi connectivity index (χ0) is 20.4. The van der Waals surface area contributed by atoms with E-state index in [4.69, 9.17) is 4.42 Å². The standard InChI is InChI=1S/C23H18FN3O2/c1-14-3-5-17(6-4-14)22-26-27-23(29-22)18-9-7-16(8-10-18)21(28)25-20-12-11-19(24)13-15(20)2/h3-13H,1-2H3,(H,25,28). The molecule has 0 unspecified atom stereocenters. The summed E-state index contributed by atoms with van der Waals surface area (Å²) < 4.78 is 19.0. The molecule has 1 heterocycles. The highest BCUT2D eigenvalue weighted by Crippen LogP contribution is 2.25. The zero-order valence-corrected chi connectivity index (χ0v) is 15.9. The summed E-state index contributed by atoms with van der Waals surface area (Å²) in [5.41, 5.74) is 4.41. The van der Waals surface area contributed by atoms with Crippen LogP contribution in [0, 0.1) is 19.7 Å². The lowest BCUT2D eigenvalue weighted by atomic mass is 10.1. The zero-order valence-electron chi connectivity index (χ0n) is 15.9. The van der Waals surface area contributed by atoms with Crippen molar-refractivity contribution in [3.63, 3.8) is 0 Å². The van der Waals surface area contributed by atoms with Crippen molar-refractivity contribution < 1.29 is 13.6 Å². The molecule has 1 N–H and O–H groups in total. The van der Waals surface area contributed by atoms with Crippen LogP contribution in [-0.4, -0.2) is 16.1 Å². The topological polar surface area (TPSA) is 68.0 Å². The van der Waals surface area contributed by atoms with E-state index in [9.17, 15) is 9.18 Å². The second-order valence-electron chi connectivity index (χ2n) is 6.77. The minimum absolute atomic E-state index is 0.280. The fraction of sp³-hybridized carbons (Fsp3) is 0.0870. The van der Waals surface area contributed by atoms with Crippen molar-refractivity contribution >= 4 is 11.6 Å². The van der Waals surface area contributed by atoms with Gasteiger partial charge in [-0.15, -0.1) is 10.2 Å². The molecular formula is C23H18FN3O2. The number of hydrogen-bond acceptors (Lipinski definition) is 4. The van der Waals surface area contributed by atoms with Crippen LogP contribution in [0.3, 0.4) is 0 Å². The molecule has 0 saturated carbocycles. The van der Waals surface area contributed by atoms with Crippen LogP contribution in [0.4, 0.5) is 10.1 Å². The van der Waals surface area contributed by atoms with Crippen LogP contribution >= 0.6 is 0 Å². The van der Waals surface area contributed by atoms with Gasteiger partial charge >= 0.3 is 0 Å². The Morgan fingerprint density at radius 3 is 2.03 bits per heavy atom. The smallest absolute Gasteiger partial charge is 0.255 e. The molecule has 144 valence electrons. The third-order valence-corrected chi connectivity index (χ3v) is 4.55. The van der Waals surface area contributed by atoms with Crippen molar-refractivity contribution in [2.45, 2.75) is 13.8 Å². The van der Waals surface area contributed by atoms with Crippen LogP contribution in [0.25, 0.3) is 22.9 Å². The normalized spacial score (nSPS) is 10.7. The summed E-state index contributed by atoms with van der Waals surface area (Å²) in [6.07, 6.45) is 0. The van der Waals surface area contributed by atoms with E-state index in [-0.39, 0.29) is 11.7 Å². The maximum atomic E-state index is 13.2. The van der Waals surface area contributed by atoms with Crippen LogP contribution in [0.2, 0.25) is 0 Å². The lowest BCUT2D eigenvalue weighted by Crippen LogP contribution is -2.12. The lowest BCUT2D eigenvalue weighted by Gasteiger charge is -2.08. The van der Waals surface area contributed by atoms with Crippen LogP contribution in [0.1, 0.15) is 21.5 Å². The first kappa shape index (κ1) is 18.6. The van der Waals surface area contributed by atoms with E-state index in [1.165, 1.54) is 12.1 Å². The van der Waals surface area contributed by atoms with Gasteiger partial charge in [-0.2, -0.15) is 0 Å². The van der Waals surface area contributed by atoms with Gasteiger partial charge in [0.05, 0.1) is 0 Å². The van der Waals surface area contributed by atoms with E-state index in [0.29, 0.717) is 34.2 Å². The fourth-order valence-electron chi connectivity index (χ4n) is 2.88. The molecule has 0 aliphatic heterocycles. The predicted molar refractivity (Wildman–Crippen MR) is 109 cm³/mol. The monoisotopic (exact) mass is 387 g/mol. The van der Waals surface area contributed by atoms with Crippen molar-refractivity contribution in [3.05, 3.63) is 89.2 Å². The van der Waals surface area contributed by atoms with Gasteiger partial charge in [-0.05, 0) is 74.0 Å². The van der Waals surface area contributed by atoms with Gasteiger partial charge in [0.25, 0.3) is 5.91 Å². The SMILES string of the molecule is Cc1ccc(-c2nnc(-c3ccc(C(=O)Nc4ccc(F)cc4C)cc3)o2)cc1. The number of nitrogens with zero attached hydrogens (tertiary/aromatic N) is 2. The number of hydrogen-bond donors (Lipinski definition) is 1. The van der Waals surface area contributed by atoms with Gasteiger partial charge in [-0.3, -0.25) is 4.79 Å². The lowest BCUT2D eigenvalue weighted by molar-refractivity contribution is 0.102. The quantitative estimate of drug-likeness (QED) is 0.508. The number of aromatic nitrogens is 2. The predicted octanol–water partition coefficient (Wildman–Crippen LogP) is 5.41. The summed E-state index contributed by atoms with van der Waals surface area (Å²) in [6.45, 7) is 3.75. The minimum Gasteiger partial charge on any atom is -0.416 e. The van der Waals surface area contributed by atoms with Crippen LogP contribution in [0.15, 0.2) is 71.1 Å². The summed E-state index contributed by atoms with van der Waals surface area (Å²) in [5.74, 6) is 0.196. The van der Waals surface area contributed by atoms with Crippen molar-refractivity contribution in [1.82, 2.24) is 10.2 Å². The Bertz CT molecular complexity index is 1170. The van der Waals surface area contributed by atoms with Crippen molar-refractivity contribution in [3.8, 4) is 22.9 Å². The molecule has 0 spiro atoms. The maximum absolute atomic E-state index is 13.2. The van der Waals surface area contributed by atoms with E-state index in [1.807, 2.05) is 31.2 Å². The number of carbonyl (C=O) groups excluding carboxylic acids is 1. The van der Waals surface area contributed by atoms with Gasteiger partial charge in [-0.25, -0.2) is 4.39 Å². The largest absolute Gasteiger partial charge is 0.416 e. The summed E-state index contributed by atoms with van der Waals surface area (Å²) in [6, 6.07) is 18.9. The first-order chi connectivity index (χ1) is 14.0. The Morgan fingerprint density at radius 2 is 1.45 bits per heavy atom. The Labute approximate surface area is 167 Å². The summed E-state index contributed by atoms with van der Waals surface area (Å²) in [7, 11) is 0.